The van der Waals surface area contributed by atoms with Gasteiger partial charge >= 0.3 is 0 Å². The summed E-state index contributed by atoms with van der Waals surface area (Å²) in [5.41, 5.74) is 8.19. The summed E-state index contributed by atoms with van der Waals surface area (Å²) in [6, 6.07) is 8.45. The van der Waals surface area contributed by atoms with Crippen molar-refractivity contribution in [2.24, 2.45) is 5.73 Å². The monoisotopic (exact) mass is 301 g/mol. The molecule has 1 aromatic rings. The van der Waals surface area contributed by atoms with Gasteiger partial charge in [0.1, 0.15) is 0 Å². The number of carbonyl (C=O) groups excluding carboxylic acids is 1. The summed E-state index contributed by atoms with van der Waals surface area (Å²) < 4.78 is 0. The first-order valence-electron chi connectivity index (χ1n) is 8.47. The molecule has 1 saturated heterocycles. The third-order valence-corrected chi connectivity index (χ3v) is 5.11. The summed E-state index contributed by atoms with van der Waals surface area (Å²) in [7, 11) is 1.88. The number of benzene rings is 1. The van der Waals surface area contributed by atoms with E-state index in [4.69, 9.17) is 5.73 Å². The number of amides is 1. The molecule has 0 aromatic heterocycles. The van der Waals surface area contributed by atoms with E-state index in [0.29, 0.717) is 6.54 Å². The molecular weight excluding hydrogens is 274 g/mol. The highest BCUT2D eigenvalue weighted by Gasteiger charge is 2.38. The van der Waals surface area contributed by atoms with Crippen LogP contribution in [0.5, 0.6) is 0 Å². The molecule has 1 aromatic carbocycles. The van der Waals surface area contributed by atoms with E-state index in [1.807, 2.05) is 11.9 Å². The highest BCUT2D eigenvalue weighted by Crippen LogP contribution is 2.30. The Morgan fingerprint density at radius 2 is 1.82 bits per heavy atom. The Labute approximate surface area is 133 Å². The van der Waals surface area contributed by atoms with Gasteiger partial charge in [0, 0.05) is 32.4 Å². The molecule has 3 rings (SSSR count). The van der Waals surface area contributed by atoms with Gasteiger partial charge in [-0.05, 0) is 37.3 Å². The van der Waals surface area contributed by atoms with Gasteiger partial charge in [0.05, 0.1) is 5.54 Å². The zero-order valence-corrected chi connectivity index (χ0v) is 13.6. The fourth-order valence-electron chi connectivity index (χ4n) is 3.84. The van der Waals surface area contributed by atoms with E-state index in [0.717, 1.165) is 38.8 Å². The second-order valence-corrected chi connectivity index (χ2v) is 6.85. The van der Waals surface area contributed by atoms with Crippen LogP contribution in [0.3, 0.4) is 0 Å². The average molecular weight is 301 g/mol. The molecule has 1 heterocycles. The van der Waals surface area contributed by atoms with Gasteiger partial charge in [-0.15, -0.1) is 0 Å². The van der Waals surface area contributed by atoms with Crippen LogP contribution in [-0.2, 0) is 11.3 Å². The molecule has 120 valence electrons. The standard InChI is InChI=1S/C18H27N3O/c1-20(17(22)18(19)10-4-5-11-18)14-15-8-2-3-9-16(15)21-12-6-7-13-21/h2-3,8-9H,4-7,10-14,19H2,1H3. The summed E-state index contributed by atoms with van der Waals surface area (Å²) in [6.07, 6.45) is 6.30. The van der Waals surface area contributed by atoms with E-state index in [1.165, 1.54) is 24.1 Å². The Morgan fingerprint density at radius 3 is 2.50 bits per heavy atom. The number of nitrogens with zero attached hydrogens (tertiary/aromatic N) is 2. The van der Waals surface area contributed by atoms with Gasteiger partial charge in [-0.25, -0.2) is 0 Å². The van der Waals surface area contributed by atoms with Gasteiger partial charge in [0.15, 0.2) is 0 Å². The lowest BCUT2D eigenvalue weighted by atomic mass is 9.97. The summed E-state index contributed by atoms with van der Waals surface area (Å²) >= 11 is 0. The smallest absolute Gasteiger partial charge is 0.242 e. The first-order chi connectivity index (χ1) is 10.6. The Bertz CT molecular complexity index is 531. The molecule has 22 heavy (non-hydrogen) atoms. The lowest BCUT2D eigenvalue weighted by Gasteiger charge is -2.30. The van der Waals surface area contributed by atoms with E-state index in [1.54, 1.807) is 0 Å². The summed E-state index contributed by atoms with van der Waals surface area (Å²) in [5.74, 6) is 0.0984. The van der Waals surface area contributed by atoms with Crippen LogP contribution in [0.2, 0.25) is 0 Å². The Kier molecular flexibility index (Phi) is 4.39. The van der Waals surface area contributed by atoms with Gasteiger partial charge in [0.25, 0.3) is 0 Å². The summed E-state index contributed by atoms with van der Waals surface area (Å²) in [6.45, 7) is 2.88. The highest BCUT2D eigenvalue weighted by atomic mass is 16.2. The van der Waals surface area contributed by atoms with Gasteiger partial charge < -0.3 is 15.5 Å². The van der Waals surface area contributed by atoms with Crippen molar-refractivity contribution >= 4 is 11.6 Å². The van der Waals surface area contributed by atoms with Gasteiger partial charge in [-0.1, -0.05) is 31.0 Å². The molecule has 2 fully saturated rings. The molecule has 1 aliphatic carbocycles. The van der Waals surface area contributed by atoms with Crippen LogP contribution in [0.25, 0.3) is 0 Å². The van der Waals surface area contributed by atoms with E-state index in [9.17, 15) is 4.79 Å². The van der Waals surface area contributed by atoms with Crippen molar-refractivity contribution in [2.45, 2.75) is 50.6 Å². The van der Waals surface area contributed by atoms with Crippen LogP contribution in [-0.4, -0.2) is 36.5 Å². The quantitative estimate of drug-likeness (QED) is 0.929. The normalized spacial score (nSPS) is 20.4. The molecule has 1 aliphatic heterocycles. The number of carbonyl (C=O) groups is 1. The third-order valence-electron chi connectivity index (χ3n) is 5.11. The predicted octanol–water partition coefficient (Wildman–Crippen LogP) is 2.52. The molecule has 2 N–H and O–H groups in total. The Morgan fingerprint density at radius 1 is 1.18 bits per heavy atom. The number of hydrogen-bond acceptors (Lipinski definition) is 3. The van der Waals surface area contributed by atoms with Crippen LogP contribution >= 0.6 is 0 Å². The van der Waals surface area contributed by atoms with Gasteiger partial charge in [0.2, 0.25) is 5.91 Å². The van der Waals surface area contributed by atoms with Crippen molar-refractivity contribution in [3.8, 4) is 0 Å². The zero-order chi connectivity index (χ0) is 15.6. The topological polar surface area (TPSA) is 49.6 Å². The number of hydrogen-bond donors (Lipinski definition) is 1. The molecular formula is C18H27N3O. The minimum absolute atomic E-state index is 0.0984. The molecule has 0 radical (unpaired) electrons. The van der Waals surface area contributed by atoms with Crippen LogP contribution < -0.4 is 10.6 Å². The SMILES string of the molecule is CN(Cc1ccccc1N1CCCC1)C(=O)C1(N)CCCC1. The number of likely N-dealkylation sites (N-methyl/N-ethyl adjacent to an activating group) is 1. The Balaban J connectivity index is 1.73. The number of anilines is 1. The van der Waals surface area contributed by atoms with E-state index in [2.05, 4.69) is 29.2 Å². The lowest BCUT2D eigenvalue weighted by molar-refractivity contribution is -0.136. The molecule has 0 spiro atoms. The highest BCUT2D eigenvalue weighted by molar-refractivity contribution is 5.86. The van der Waals surface area contributed by atoms with Crippen molar-refractivity contribution in [2.75, 3.05) is 25.0 Å². The molecule has 0 unspecified atom stereocenters. The van der Waals surface area contributed by atoms with E-state index in [-0.39, 0.29) is 5.91 Å². The Hall–Kier alpha value is -1.55. The lowest BCUT2D eigenvalue weighted by Crippen LogP contribution is -2.52. The first kappa shape index (κ1) is 15.3. The zero-order valence-electron chi connectivity index (χ0n) is 13.6. The van der Waals surface area contributed by atoms with Crippen molar-refractivity contribution in [3.63, 3.8) is 0 Å². The second-order valence-electron chi connectivity index (χ2n) is 6.85. The minimum atomic E-state index is -0.628. The van der Waals surface area contributed by atoms with Crippen molar-refractivity contribution in [3.05, 3.63) is 29.8 Å². The fourth-order valence-corrected chi connectivity index (χ4v) is 3.84. The maximum Gasteiger partial charge on any atom is 0.242 e. The number of rotatable bonds is 4. The second kappa shape index (κ2) is 6.29. The maximum atomic E-state index is 12.7. The van der Waals surface area contributed by atoms with Crippen molar-refractivity contribution < 1.29 is 4.79 Å². The van der Waals surface area contributed by atoms with Crippen molar-refractivity contribution in [1.82, 2.24) is 4.90 Å². The molecule has 1 saturated carbocycles. The molecule has 2 aliphatic rings. The average Bonchev–Trinajstić information content (AvgIpc) is 3.19. The van der Waals surface area contributed by atoms with Crippen LogP contribution in [0, 0.1) is 0 Å². The first-order valence-corrected chi connectivity index (χ1v) is 8.47. The molecule has 0 bridgehead atoms. The third kappa shape index (κ3) is 2.98. The van der Waals surface area contributed by atoms with Gasteiger partial charge in [-0.3, -0.25) is 4.79 Å². The minimum Gasteiger partial charge on any atom is -0.371 e. The number of nitrogens with two attached hydrogens (primary N) is 1. The molecule has 4 nitrogen and oxygen atoms in total. The van der Waals surface area contributed by atoms with Crippen LogP contribution in [0.15, 0.2) is 24.3 Å². The van der Waals surface area contributed by atoms with E-state index >= 15 is 0 Å². The van der Waals surface area contributed by atoms with E-state index < -0.39 is 5.54 Å². The van der Waals surface area contributed by atoms with Gasteiger partial charge in [-0.2, -0.15) is 0 Å². The maximum absolute atomic E-state index is 12.7. The van der Waals surface area contributed by atoms with Crippen LogP contribution in [0.4, 0.5) is 5.69 Å². The molecule has 1 amide bonds. The van der Waals surface area contributed by atoms with Crippen LogP contribution in [0.1, 0.15) is 44.1 Å². The fraction of sp³-hybridized carbons (Fsp3) is 0.611. The summed E-state index contributed by atoms with van der Waals surface area (Å²) in [5, 5.41) is 0. The molecule has 0 atom stereocenters. The molecule has 4 heteroatoms. The number of para-hydroxylation sites is 1. The largest absolute Gasteiger partial charge is 0.371 e. The van der Waals surface area contributed by atoms with Crippen molar-refractivity contribution in [1.29, 1.82) is 0 Å². The predicted molar refractivity (Wildman–Crippen MR) is 89.7 cm³/mol. The summed E-state index contributed by atoms with van der Waals surface area (Å²) in [4.78, 5) is 16.9.